The van der Waals surface area contributed by atoms with Crippen molar-refractivity contribution in [3.8, 4) is 0 Å². The van der Waals surface area contributed by atoms with Crippen LogP contribution in [0.5, 0.6) is 0 Å². The zero-order valence-corrected chi connectivity index (χ0v) is 12.3. The molecule has 2 aromatic carbocycles. The molecule has 1 fully saturated rings. The average molecular weight is 282 g/mol. The molecule has 1 heterocycles. The molecule has 2 N–H and O–H groups in total. The largest absolute Gasteiger partial charge is 0.343 e. The predicted octanol–water partition coefficient (Wildman–Crippen LogP) is 2.89. The van der Waals surface area contributed by atoms with Crippen molar-refractivity contribution in [3.63, 3.8) is 0 Å². The van der Waals surface area contributed by atoms with E-state index in [1.807, 2.05) is 17.0 Å². The predicted molar refractivity (Wildman–Crippen MR) is 86.2 cm³/mol. The quantitative estimate of drug-likeness (QED) is 0.937. The van der Waals surface area contributed by atoms with Crippen LogP contribution in [0.1, 0.15) is 30.7 Å². The Bertz CT molecular complexity index is 627. The second-order valence-electron chi connectivity index (χ2n) is 5.79. The first-order valence-corrected chi connectivity index (χ1v) is 7.75. The van der Waals surface area contributed by atoms with E-state index in [0.29, 0.717) is 13.0 Å². The first kappa shape index (κ1) is 14.1. The van der Waals surface area contributed by atoms with Gasteiger partial charge in [0.2, 0.25) is 5.91 Å². The van der Waals surface area contributed by atoms with E-state index in [9.17, 15) is 4.79 Å². The molecule has 1 unspecified atom stereocenters. The molecule has 0 radical (unpaired) electrons. The summed E-state index contributed by atoms with van der Waals surface area (Å²) in [5.41, 5.74) is 7.17. The van der Waals surface area contributed by atoms with Gasteiger partial charge in [-0.05, 0) is 35.7 Å². The van der Waals surface area contributed by atoms with E-state index in [1.165, 1.54) is 16.3 Å². The molecule has 2 aromatic rings. The maximum absolute atomic E-state index is 12.4. The molecule has 110 valence electrons. The number of carbonyl (C=O) groups is 1. The number of benzene rings is 2. The smallest absolute Gasteiger partial charge is 0.223 e. The summed E-state index contributed by atoms with van der Waals surface area (Å²) in [6.07, 6.45) is 2.78. The maximum Gasteiger partial charge on any atom is 0.223 e. The van der Waals surface area contributed by atoms with Crippen LogP contribution in [0.3, 0.4) is 0 Å². The van der Waals surface area contributed by atoms with Crippen LogP contribution in [0.25, 0.3) is 10.8 Å². The minimum atomic E-state index is 0.101. The highest BCUT2D eigenvalue weighted by Crippen LogP contribution is 2.28. The molecule has 3 heteroatoms. The van der Waals surface area contributed by atoms with Gasteiger partial charge in [-0.2, -0.15) is 0 Å². The Kier molecular flexibility index (Phi) is 4.20. The topological polar surface area (TPSA) is 46.3 Å². The van der Waals surface area contributed by atoms with Gasteiger partial charge >= 0.3 is 0 Å². The van der Waals surface area contributed by atoms with Crippen LogP contribution in [-0.4, -0.2) is 30.4 Å². The molecule has 1 aliphatic rings. The number of rotatable bonds is 4. The summed E-state index contributed by atoms with van der Waals surface area (Å²) >= 11 is 0. The molecule has 1 atom stereocenters. The maximum atomic E-state index is 12.4. The van der Waals surface area contributed by atoms with Crippen molar-refractivity contribution in [2.24, 2.45) is 5.73 Å². The highest BCUT2D eigenvalue weighted by molar-refractivity contribution is 5.87. The second kappa shape index (κ2) is 6.27. The fraction of sp³-hybridized carbons (Fsp3) is 0.389. The Morgan fingerprint density at radius 3 is 2.57 bits per heavy atom. The van der Waals surface area contributed by atoms with Gasteiger partial charge in [-0.3, -0.25) is 4.79 Å². The molecular formula is C18H22N2O. The van der Waals surface area contributed by atoms with Gasteiger partial charge in [0.15, 0.2) is 0 Å². The molecule has 0 saturated carbocycles. The van der Waals surface area contributed by atoms with Crippen molar-refractivity contribution < 1.29 is 4.79 Å². The molecule has 21 heavy (non-hydrogen) atoms. The van der Waals surface area contributed by atoms with Gasteiger partial charge in [0.05, 0.1) is 0 Å². The number of amides is 1. The normalized spacial score (nSPS) is 16.3. The van der Waals surface area contributed by atoms with Gasteiger partial charge in [0, 0.05) is 25.4 Å². The summed E-state index contributed by atoms with van der Waals surface area (Å²) in [5.74, 6) is 0.347. The van der Waals surface area contributed by atoms with Crippen LogP contribution in [0.4, 0.5) is 0 Å². The Hall–Kier alpha value is -1.87. The molecule has 1 aliphatic heterocycles. The lowest BCUT2D eigenvalue weighted by atomic mass is 9.90. The fourth-order valence-electron chi connectivity index (χ4n) is 3.23. The number of nitrogens with zero attached hydrogens (tertiary/aromatic N) is 1. The van der Waals surface area contributed by atoms with Crippen molar-refractivity contribution in [1.82, 2.24) is 4.90 Å². The summed E-state index contributed by atoms with van der Waals surface area (Å²) < 4.78 is 0. The summed E-state index contributed by atoms with van der Waals surface area (Å²) in [6.45, 7) is 2.32. The lowest BCUT2D eigenvalue weighted by Gasteiger charge is -2.21. The van der Waals surface area contributed by atoms with Crippen LogP contribution < -0.4 is 5.73 Å². The molecule has 1 amide bonds. The molecule has 3 rings (SSSR count). The Morgan fingerprint density at radius 2 is 1.81 bits per heavy atom. The number of nitrogens with two attached hydrogens (primary N) is 1. The Morgan fingerprint density at radius 1 is 1.10 bits per heavy atom. The number of hydrogen-bond donors (Lipinski definition) is 1. The molecule has 0 aliphatic carbocycles. The molecule has 1 saturated heterocycles. The van der Waals surface area contributed by atoms with Gasteiger partial charge < -0.3 is 10.6 Å². The summed E-state index contributed by atoms with van der Waals surface area (Å²) in [6, 6.07) is 14.6. The van der Waals surface area contributed by atoms with E-state index in [0.717, 1.165) is 25.9 Å². The molecule has 0 aromatic heterocycles. The van der Waals surface area contributed by atoms with Gasteiger partial charge in [0.1, 0.15) is 0 Å². The van der Waals surface area contributed by atoms with E-state index in [1.54, 1.807) is 0 Å². The van der Waals surface area contributed by atoms with Crippen LogP contribution in [0.2, 0.25) is 0 Å². The highest BCUT2D eigenvalue weighted by atomic mass is 16.2. The Balaban J connectivity index is 1.86. The Labute approximate surface area is 125 Å². The number of likely N-dealkylation sites (tertiary alicyclic amines) is 1. The van der Waals surface area contributed by atoms with Crippen LogP contribution in [0, 0.1) is 0 Å². The van der Waals surface area contributed by atoms with Crippen molar-refractivity contribution in [2.45, 2.75) is 25.2 Å². The monoisotopic (exact) mass is 282 g/mol. The number of carbonyl (C=O) groups excluding carboxylic acids is 1. The van der Waals surface area contributed by atoms with E-state index in [4.69, 9.17) is 5.73 Å². The third-order valence-corrected chi connectivity index (χ3v) is 4.43. The van der Waals surface area contributed by atoms with Crippen LogP contribution >= 0.6 is 0 Å². The molecule has 3 nitrogen and oxygen atoms in total. The highest BCUT2D eigenvalue weighted by Gasteiger charge is 2.22. The summed E-state index contributed by atoms with van der Waals surface area (Å²) in [7, 11) is 0. The minimum absolute atomic E-state index is 0.101. The second-order valence-corrected chi connectivity index (χ2v) is 5.79. The van der Waals surface area contributed by atoms with Crippen molar-refractivity contribution in [2.75, 3.05) is 19.6 Å². The number of fused-ring (bicyclic) bond motifs is 1. The van der Waals surface area contributed by atoms with Gasteiger partial charge in [-0.25, -0.2) is 0 Å². The number of hydrogen-bond acceptors (Lipinski definition) is 2. The van der Waals surface area contributed by atoms with Crippen LogP contribution in [-0.2, 0) is 4.79 Å². The summed E-state index contributed by atoms with van der Waals surface area (Å²) in [4.78, 5) is 14.4. The first-order valence-electron chi connectivity index (χ1n) is 7.75. The van der Waals surface area contributed by atoms with E-state index < -0.39 is 0 Å². The lowest BCUT2D eigenvalue weighted by molar-refractivity contribution is -0.130. The molecular weight excluding hydrogens is 260 g/mol. The lowest BCUT2D eigenvalue weighted by Crippen LogP contribution is -2.30. The van der Waals surface area contributed by atoms with Gasteiger partial charge in [0.25, 0.3) is 0 Å². The van der Waals surface area contributed by atoms with Gasteiger partial charge in [-0.15, -0.1) is 0 Å². The molecule has 0 bridgehead atoms. The first-order chi connectivity index (χ1) is 10.3. The SMILES string of the molecule is NCC(CC(=O)N1CCCC1)c1cccc2ccccc12. The van der Waals surface area contributed by atoms with E-state index in [2.05, 4.69) is 30.3 Å². The zero-order chi connectivity index (χ0) is 14.7. The minimum Gasteiger partial charge on any atom is -0.343 e. The van der Waals surface area contributed by atoms with Gasteiger partial charge in [-0.1, -0.05) is 42.5 Å². The average Bonchev–Trinajstić information content (AvgIpc) is 3.06. The van der Waals surface area contributed by atoms with Crippen molar-refractivity contribution in [3.05, 3.63) is 48.0 Å². The summed E-state index contributed by atoms with van der Waals surface area (Å²) in [5, 5.41) is 2.42. The van der Waals surface area contributed by atoms with E-state index >= 15 is 0 Å². The van der Waals surface area contributed by atoms with Crippen molar-refractivity contribution in [1.29, 1.82) is 0 Å². The molecule has 0 spiro atoms. The fourth-order valence-corrected chi connectivity index (χ4v) is 3.23. The third kappa shape index (κ3) is 2.93. The van der Waals surface area contributed by atoms with Crippen molar-refractivity contribution >= 4 is 16.7 Å². The van der Waals surface area contributed by atoms with E-state index in [-0.39, 0.29) is 11.8 Å². The third-order valence-electron chi connectivity index (χ3n) is 4.43. The standard InChI is InChI=1S/C18H22N2O/c19-13-15(12-18(21)20-10-3-4-11-20)17-9-5-7-14-6-1-2-8-16(14)17/h1-2,5-9,15H,3-4,10-13,19H2. The van der Waals surface area contributed by atoms with Crippen LogP contribution in [0.15, 0.2) is 42.5 Å². The zero-order valence-electron chi connectivity index (χ0n) is 12.3.